The van der Waals surface area contributed by atoms with E-state index in [9.17, 15) is 5.11 Å². The Balaban J connectivity index is 2.29. The van der Waals surface area contributed by atoms with Gasteiger partial charge in [-0.1, -0.05) is 12.2 Å². The number of hydrogen-bond acceptors (Lipinski definition) is 3. The standard InChI is InChI=1S/C7H9O3/c1-7-4-5(9-10-7)2-3-6(7)8/h2-6,8H,1H3/t5-,6+,7-/m1/s1. The Morgan fingerprint density at radius 3 is 3.00 bits per heavy atom. The van der Waals surface area contributed by atoms with Crippen LogP contribution in [0.3, 0.4) is 0 Å². The molecule has 3 heteroatoms. The molecule has 1 radical (unpaired) electrons. The summed E-state index contributed by atoms with van der Waals surface area (Å²) in [7, 11) is 0. The Morgan fingerprint density at radius 1 is 1.50 bits per heavy atom. The van der Waals surface area contributed by atoms with Crippen molar-refractivity contribution in [2.24, 2.45) is 0 Å². The van der Waals surface area contributed by atoms with Crippen LogP contribution in [0.5, 0.6) is 0 Å². The number of fused-ring (bicyclic) bond motifs is 2. The van der Waals surface area contributed by atoms with Gasteiger partial charge in [-0.15, -0.1) is 0 Å². The Bertz CT molecular complexity index is 178. The molecule has 1 heterocycles. The van der Waals surface area contributed by atoms with Crippen LogP contribution in [0, 0.1) is 6.42 Å². The molecule has 0 unspecified atom stereocenters. The number of aliphatic hydroxyl groups is 1. The van der Waals surface area contributed by atoms with E-state index in [1.165, 1.54) is 0 Å². The number of rotatable bonds is 0. The molecule has 0 spiro atoms. The second-order valence-corrected chi connectivity index (χ2v) is 2.82. The fourth-order valence-corrected chi connectivity index (χ4v) is 1.18. The first kappa shape index (κ1) is 6.34. The molecule has 0 aromatic carbocycles. The molecule has 1 aliphatic carbocycles. The van der Waals surface area contributed by atoms with E-state index in [1.54, 1.807) is 19.1 Å². The minimum Gasteiger partial charge on any atom is -0.386 e. The van der Waals surface area contributed by atoms with Gasteiger partial charge in [0.2, 0.25) is 0 Å². The van der Waals surface area contributed by atoms with Gasteiger partial charge in [0.25, 0.3) is 0 Å². The fourth-order valence-electron chi connectivity index (χ4n) is 1.18. The van der Waals surface area contributed by atoms with E-state index in [-0.39, 0.29) is 6.10 Å². The van der Waals surface area contributed by atoms with Crippen LogP contribution in [-0.2, 0) is 9.78 Å². The maximum atomic E-state index is 9.33. The summed E-state index contributed by atoms with van der Waals surface area (Å²) in [4.78, 5) is 9.76. The van der Waals surface area contributed by atoms with Crippen molar-refractivity contribution in [3.05, 3.63) is 18.6 Å². The van der Waals surface area contributed by atoms with Crippen LogP contribution in [-0.4, -0.2) is 22.9 Å². The van der Waals surface area contributed by atoms with Crippen LogP contribution >= 0.6 is 0 Å². The van der Waals surface area contributed by atoms with Gasteiger partial charge < -0.3 is 5.11 Å². The molecule has 2 aliphatic rings. The summed E-state index contributed by atoms with van der Waals surface area (Å²) >= 11 is 0. The Kier molecular flexibility index (Phi) is 1.15. The van der Waals surface area contributed by atoms with Gasteiger partial charge in [-0.3, -0.25) is 0 Å². The van der Waals surface area contributed by atoms with E-state index in [0.717, 1.165) is 0 Å². The lowest BCUT2D eigenvalue weighted by atomic mass is 9.88. The van der Waals surface area contributed by atoms with Crippen LogP contribution in [0.4, 0.5) is 0 Å². The highest BCUT2D eigenvalue weighted by atomic mass is 17.2. The summed E-state index contributed by atoms with van der Waals surface area (Å²) in [5.41, 5.74) is -0.626. The molecule has 0 aromatic rings. The normalized spacial score (nSPS) is 51.8. The van der Waals surface area contributed by atoms with Gasteiger partial charge in [0.15, 0.2) is 0 Å². The predicted molar refractivity (Wildman–Crippen MR) is 33.8 cm³/mol. The van der Waals surface area contributed by atoms with E-state index in [4.69, 9.17) is 9.78 Å². The zero-order chi connectivity index (χ0) is 7.19. The molecule has 1 fully saturated rings. The van der Waals surface area contributed by atoms with Crippen LogP contribution < -0.4 is 0 Å². The zero-order valence-electron chi connectivity index (χ0n) is 5.65. The third-order valence-electron chi connectivity index (χ3n) is 1.90. The summed E-state index contributed by atoms with van der Waals surface area (Å²) in [6, 6.07) is 0. The third kappa shape index (κ3) is 0.714. The van der Waals surface area contributed by atoms with Crippen molar-refractivity contribution in [2.75, 3.05) is 0 Å². The number of hydrogen-bond donors (Lipinski definition) is 1. The van der Waals surface area contributed by atoms with Crippen LogP contribution in [0.2, 0.25) is 0 Å². The highest BCUT2D eigenvalue weighted by Gasteiger charge is 2.45. The Hall–Kier alpha value is -0.380. The second-order valence-electron chi connectivity index (χ2n) is 2.82. The van der Waals surface area contributed by atoms with E-state index in [0.29, 0.717) is 0 Å². The van der Waals surface area contributed by atoms with Crippen LogP contribution in [0.1, 0.15) is 6.92 Å². The third-order valence-corrected chi connectivity index (χ3v) is 1.90. The monoisotopic (exact) mass is 141 g/mol. The molecule has 0 amide bonds. The van der Waals surface area contributed by atoms with Crippen molar-refractivity contribution in [2.45, 2.75) is 24.7 Å². The van der Waals surface area contributed by atoms with E-state index < -0.39 is 11.7 Å². The molecule has 3 nitrogen and oxygen atoms in total. The first-order valence-corrected chi connectivity index (χ1v) is 3.28. The van der Waals surface area contributed by atoms with Gasteiger partial charge in [0, 0.05) is 6.42 Å². The van der Waals surface area contributed by atoms with Crippen molar-refractivity contribution in [1.29, 1.82) is 0 Å². The van der Waals surface area contributed by atoms with Gasteiger partial charge in [-0.05, 0) is 6.92 Å². The molecule has 3 atom stereocenters. The molecule has 55 valence electrons. The molecule has 1 N–H and O–H groups in total. The quantitative estimate of drug-likeness (QED) is 0.387. The molecule has 0 aromatic heterocycles. The summed E-state index contributed by atoms with van der Waals surface area (Å²) in [5.74, 6) is 0. The SMILES string of the molecule is C[C@@]12[CH][C@@H](C=C[C@@H]1O)OO2. The van der Waals surface area contributed by atoms with Crippen LogP contribution in [0.15, 0.2) is 12.2 Å². The summed E-state index contributed by atoms with van der Waals surface area (Å²) in [5, 5.41) is 9.33. The minimum absolute atomic E-state index is 0.0756. The molecular weight excluding hydrogens is 132 g/mol. The van der Waals surface area contributed by atoms with Crippen molar-refractivity contribution in [1.82, 2.24) is 0 Å². The molecule has 2 bridgehead atoms. The van der Waals surface area contributed by atoms with Gasteiger partial charge in [-0.2, -0.15) is 0 Å². The van der Waals surface area contributed by atoms with Crippen molar-refractivity contribution in [3.63, 3.8) is 0 Å². The summed E-state index contributed by atoms with van der Waals surface area (Å²) < 4.78 is 0. The maximum absolute atomic E-state index is 9.33. The predicted octanol–water partition coefficient (Wildman–Crippen LogP) is 0.210. The van der Waals surface area contributed by atoms with Gasteiger partial charge in [0.1, 0.15) is 17.8 Å². The second kappa shape index (κ2) is 1.81. The van der Waals surface area contributed by atoms with Crippen molar-refractivity contribution in [3.8, 4) is 0 Å². The first-order valence-electron chi connectivity index (χ1n) is 3.28. The van der Waals surface area contributed by atoms with E-state index in [2.05, 4.69) is 0 Å². The topological polar surface area (TPSA) is 38.7 Å². The lowest BCUT2D eigenvalue weighted by molar-refractivity contribution is -0.323. The molecular formula is C7H9O3. The molecule has 1 saturated heterocycles. The van der Waals surface area contributed by atoms with Crippen molar-refractivity contribution < 1.29 is 14.9 Å². The molecule has 2 rings (SSSR count). The molecule has 1 aliphatic heterocycles. The maximum Gasteiger partial charge on any atom is 0.136 e. The average molecular weight is 141 g/mol. The summed E-state index contributed by atoms with van der Waals surface area (Å²) in [6.07, 6.45) is 4.66. The van der Waals surface area contributed by atoms with Gasteiger partial charge in [0.05, 0.1) is 0 Å². The molecule has 10 heavy (non-hydrogen) atoms. The smallest absolute Gasteiger partial charge is 0.136 e. The highest BCUT2D eigenvalue weighted by molar-refractivity contribution is 5.20. The first-order chi connectivity index (χ1) is 4.71. The zero-order valence-corrected chi connectivity index (χ0v) is 5.65. The minimum atomic E-state index is -0.626. The largest absolute Gasteiger partial charge is 0.386 e. The van der Waals surface area contributed by atoms with E-state index >= 15 is 0 Å². The van der Waals surface area contributed by atoms with Gasteiger partial charge in [-0.25, -0.2) is 9.78 Å². The van der Waals surface area contributed by atoms with E-state index in [1.807, 2.05) is 6.42 Å². The van der Waals surface area contributed by atoms with Gasteiger partial charge >= 0.3 is 0 Å². The Morgan fingerprint density at radius 2 is 2.30 bits per heavy atom. The highest BCUT2D eigenvalue weighted by Crippen LogP contribution is 2.34. The lowest BCUT2D eigenvalue weighted by Gasteiger charge is -2.25. The lowest BCUT2D eigenvalue weighted by Crippen LogP contribution is -2.39. The van der Waals surface area contributed by atoms with Crippen LogP contribution in [0.25, 0.3) is 0 Å². The average Bonchev–Trinajstić information content (AvgIpc) is 2.22. The Labute approximate surface area is 59.2 Å². The van der Waals surface area contributed by atoms with Crippen molar-refractivity contribution >= 4 is 0 Å². The summed E-state index contributed by atoms with van der Waals surface area (Å²) in [6.45, 7) is 1.79. The molecule has 0 saturated carbocycles. The number of aliphatic hydroxyl groups excluding tert-OH is 1. The fraction of sp³-hybridized carbons (Fsp3) is 0.571.